The van der Waals surface area contributed by atoms with Gasteiger partial charge in [-0.2, -0.15) is 0 Å². The highest BCUT2D eigenvalue weighted by molar-refractivity contribution is 5.35. The second-order valence-corrected chi connectivity index (χ2v) is 5.58. The normalized spacial score (nSPS) is 21.2. The van der Waals surface area contributed by atoms with Crippen molar-refractivity contribution in [1.82, 2.24) is 15.3 Å². The van der Waals surface area contributed by atoms with Gasteiger partial charge in [-0.15, -0.1) is 0 Å². The molecular weight excluding hydrogens is 222 g/mol. The largest absolute Gasteiger partial charge is 0.304 e. The van der Waals surface area contributed by atoms with E-state index in [1.807, 2.05) is 0 Å². The van der Waals surface area contributed by atoms with Gasteiger partial charge in [-0.05, 0) is 43.0 Å². The minimum Gasteiger partial charge on any atom is -0.304 e. The van der Waals surface area contributed by atoms with E-state index in [-0.39, 0.29) is 0 Å². The van der Waals surface area contributed by atoms with Crippen LogP contribution in [0.25, 0.3) is 0 Å². The van der Waals surface area contributed by atoms with Crippen LogP contribution < -0.4 is 5.43 Å². The van der Waals surface area contributed by atoms with Crippen LogP contribution in [-0.2, 0) is 19.4 Å². The van der Waals surface area contributed by atoms with Crippen molar-refractivity contribution < 1.29 is 0 Å². The molecule has 0 saturated carbocycles. The van der Waals surface area contributed by atoms with Crippen molar-refractivity contribution in [2.75, 3.05) is 33.2 Å². The molecule has 0 spiro atoms. The lowest BCUT2D eigenvalue weighted by Gasteiger charge is -2.32. The Balaban J connectivity index is 1.54. The molecule has 0 bridgehead atoms. The third kappa shape index (κ3) is 2.74. The second kappa shape index (κ2) is 5.39. The first-order valence-corrected chi connectivity index (χ1v) is 7.09. The van der Waals surface area contributed by atoms with Crippen molar-refractivity contribution in [2.24, 2.45) is 0 Å². The Bertz CT molecular complexity index is 408. The Morgan fingerprint density at radius 1 is 1.06 bits per heavy atom. The van der Waals surface area contributed by atoms with Crippen LogP contribution >= 0.6 is 0 Å². The lowest BCUT2D eigenvalue weighted by atomic mass is 10.1. The number of rotatable bonds is 3. The molecular formula is C15H23N3. The molecule has 0 unspecified atom stereocenters. The third-order valence-corrected chi connectivity index (χ3v) is 4.17. The molecule has 0 aromatic heterocycles. The molecule has 3 rings (SSSR count). The number of likely N-dealkylation sites (N-methyl/N-ethyl adjacent to an activating group) is 1. The van der Waals surface area contributed by atoms with Crippen LogP contribution in [0.15, 0.2) is 18.2 Å². The standard InChI is InChI=1S/C15H23N3/c1-17-7-9-18(10-8-17)16-12-13-5-6-14-3-2-4-15(14)11-13/h5-6,11,16H,2-4,7-10,12H2,1H3. The number of hydrazine groups is 1. The van der Waals surface area contributed by atoms with Gasteiger partial charge >= 0.3 is 0 Å². The lowest BCUT2D eigenvalue weighted by molar-refractivity contribution is 0.102. The molecule has 2 aliphatic rings. The highest BCUT2D eigenvalue weighted by Crippen LogP contribution is 2.22. The summed E-state index contributed by atoms with van der Waals surface area (Å²) in [5, 5.41) is 2.35. The van der Waals surface area contributed by atoms with Crippen molar-refractivity contribution in [1.29, 1.82) is 0 Å². The number of nitrogens with zero attached hydrogens (tertiary/aromatic N) is 2. The number of fused-ring (bicyclic) bond motifs is 1. The molecule has 1 heterocycles. The van der Waals surface area contributed by atoms with Gasteiger partial charge in [0.25, 0.3) is 0 Å². The van der Waals surface area contributed by atoms with E-state index in [9.17, 15) is 0 Å². The summed E-state index contributed by atoms with van der Waals surface area (Å²) in [4.78, 5) is 2.38. The van der Waals surface area contributed by atoms with Crippen LogP contribution in [0.4, 0.5) is 0 Å². The van der Waals surface area contributed by atoms with E-state index >= 15 is 0 Å². The summed E-state index contributed by atoms with van der Waals surface area (Å²) in [6, 6.07) is 7.00. The maximum absolute atomic E-state index is 3.56. The summed E-state index contributed by atoms with van der Waals surface area (Å²) >= 11 is 0. The van der Waals surface area contributed by atoms with Crippen LogP contribution in [0.3, 0.4) is 0 Å². The molecule has 3 nitrogen and oxygen atoms in total. The molecule has 1 aliphatic carbocycles. The summed E-state index contributed by atoms with van der Waals surface area (Å²) in [5.74, 6) is 0. The molecule has 18 heavy (non-hydrogen) atoms. The van der Waals surface area contributed by atoms with Crippen molar-refractivity contribution in [3.8, 4) is 0 Å². The number of nitrogens with one attached hydrogen (secondary N) is 1. The molecule has 0 amide bonds. The zero-order chi connectivity index (χ0) is 12.4. The summed E-state index contributed by atoms with van der Waals surface area (Å²) in [6.45, 7) is 5.55. The number of aryl methyl sites for hydroxylation is 2. The van der Waals surface area contributed by atoms with E-state index < -0.39 is 0 Å². The van der Waals surface area contributed by atoms with E-state index in [1.165, 1.54) is 24.8 Å². The van der Waals surface area contributed by atoms with Crippen molar-refractivity contribution in [3.05, 3.63) is 34.9 Å². The van der Waals surface area contributed by atoms with Gasteiger partial charge in [-0.25, -0.2) is 5.01 Å². The second-order valence-electron chi connectivity index (χ2n) is 5.58. The Morgan fingerprint density at radius 3 is 2.67 bits per heavy atom. The van der Waals surface area contributed by atoms with E-state index in [4.69, 9.17) is 0 Å². The minimum absolute atomic E-state index is 0.969. The van der Waals surface area contributed by atoms with E-state index in [0.29, 0.717) is 0 Å². The Morgan fingerprint density at radius 2 is 1.83 bits per heavy atom. The molecule has 98 valence electrons. The summed E-state index contributed by atoms with van der Waals surface area (Å²) in [7, 11) is 2.19. The van der Waals surface area contributed by atoms with Crippen molar-refractivity contribution in [2.45, 2.75) is 25.8 Å². The maximum Gasteiger partial charge on any atom is 0.0353 e. The summed E-state index contributed by atoms with van der Waals surface area (Å²) in [6.07, 6.45) is 3.89. The van der Waals surface area contributed by atoms with Gasteiger partial charge < -0.3 is 4.90 Å². The number of hydrogen-bond donors (Lipinski definition) is 1. The van der Waals surface area contributed by atoms with Crippen LogP contribution in [0.1, 0.15) is 23.1 Å². The molecule has 1 saturated heterocycles. The molecule has 1 aromatic rings. The smallest absolute Gasteiger partial charge is 0.0353 e. The zero-order valence-electron chi connectivity index (χ0n) is 11.3. The minimum atomic E-state index is 0.969. The van der Waals surface area contributed by atoms with Crippen molar-refractivity contribution in [3.63, 3.8) is 0 Å². The topological polar surface area (TPSA) is 18.5 Å². The maximum atomic E-state index is 3.56. The first-order chi connectivity index (χ1) is 8.81. The predicted molar refractivity (Wildman–Crippen MR) is 74.4 cm³/mol. The number of piperazine rings is 1. The molecule has 1 N–H and O–H groups in total. The van der Waals surface area contributed by atoms with Gasteiger partial charge in [0, 0.05) is 32.7 Å². The number of benzene rings is 1. The Labute approximate surface area is 110 Å². The van der Waals surface area contributed by atoms with Crippen LogP contribution in [0.5, 0.6) is 0 Å². The fraction of sp³-hybridized carbons (Fsp3) is 0.600. The molecule has 1 aliphatic heterocycles. The number of hydrogen-bond acceptors (Lipinski definition) is 3. The van der Waals surface area contributed by atoms with Crippen LogP contribution in [-0.4, -0.2) is 43.1 Å². The molecule has 1 fully saturated rings. The van der Waals surface area contributed by atoms with Gasteiger partial charge in [0.05, 0.1) is 0 Å². The fourth-order valence-corrected chi connectivity index (χ4v) is 2.90. The average Bonchev–Trinajstić information content (AvgIpc) is 2.85. The average molecular weight is 245 g/mol. The lowest BCUT2D eigenvalue weighted by Crippen LogP contribution is -2.50. The quantitative estimate of drug-likeness (QED) is 0.869. The highest BCUT2D eigenvalue weighted by atomic mass is 15.5. The monoisotopic (exact) mass is 245 g/mol. The highest BCUT2D eigenvalue weighted by Gasteiger charge is 2.14. The van der Waals surface area contributed by atoms with Gasteiger partial charge in [0.2, 0.25) is 0 Å². The van der Waals surface area contributed by atoms with E-state index in [0.717, 1.165) is 32.7 Å². The van der Waals surface area contributed by atoms with Crippen molar-refractivity contribution >= 4 is 0 Å². The van der Waals surface area contributed by atoms with E-state index in [1.54, 1.807) is 11.1 Å². The molecule has 0 atom stereocenters. The molecule has 3 heteroatoms. The molecule has 0 radical (unpaired) electrons. The summed E-state index contributed by atoms with van der Waals surface area (Å²) < 4.78 is 0. The van der Waals surface area contributed by atoms with Crippen LogP contribution in [0, 0.1) is 0 Å². The Kier molecular flexibility index (Phi) is 3.64. The third-order valence-electron chi connectivity index (χ3n) is 4.17. The zero-order valence-corrected chi connectivity index (χ0v) is 11.3. The molecule has 1 aromatic carbocycles. The first kappa shape index (κ1) is 12.2. The Hall–Kier alpha value is -0.900. The van der Waals surface area contributed by atoms with Crippen LogP contribution in [0.2, 0.25) is 0 Å². The first-order valence-electron chi connectivity index (χ1n) is 7.09. The van der Waals surface area contributed by atoms with Gasteiger partial charge in [0.15, 0.2) is 0 Å². The fourth-order valence-electron chi connectivity index (χ4n) is 2.90. The summed E-state index contributed by atoms with van der Waals surface area (Å²) in [5.41, 5.74) is 8.13. The SMILES string of the molecule is CN1CCN(NCc2ccc3c(c2)CCC3)CC1. The van der Waals surface area contributed by atoms with Gasteiger partial charge in [0.1, 0.15) is 0 Å². The van der Waals surface area contributed by atoms with Gasteiger partial charge in [-0.1, -0.05) is 18.2 Å². The van der Waals surface area contributed by atoms with Gasteiger partial charge in [-0.3, -0.25) is 5.43 Å². The predicted octanol–water partition coefficient (Wildman–Crippen LogP) is 1.43. The van der Waals surface area contributed by atoms with E-state index in [2.05, 4.69) is 40.6 Å².